The second-order valence-electron chi connectivity index (χ2n) is 4.00. The number of hydrogen-bond acceptors (Lipinski definition) is 5. The fraction of sp³-hybridized carbons (Fsp3) is 0.143. The van der Waals surface area contributed by atoms with Gasteiger partial charge >= 0.3 is 5.97 Å². The van der Waals surface area contributed by atoms with Gasteiger partial charge in [0.25, 0.3) is 0 Å². The number of pyridine rings is 1. The number of nitrogens with zero attached hydrogens (tertiary/aromatic N) is 1. The van der Waals surface area contributed by atoms with E-state index in [1.165, 1.54) is 13.2 Å². The maximum Gasteiger partial charge on any atom is 0.341 e. The predicted molar refractivity (Wildman–Crippen MR) is 78.5 cm³/mol. The number of halogens is 1. The van der Waals surface area contributed by atoms with Crippen LogP contribution in [0.1, 0.15) is 16.1 Å². The van der Waals surface area contributed by atoms with Crippen molar-refractivity contribution < 1.29 is 14.3 Å². The topological polar surface area (TPSA) is 74.4 Å². The van der Waals surface area contributed by atoms with Gasteiger partial charge in [-0.15, -0.1) is 0 Å². The van der Waals surface area contributed by atoms with Crippen LogP contribution >= 0.6 is 15.9 Å². The molecule has 1 aromatic carbocycles. The highest BCUT2D eigenvalue weighted by atomic mass is 79.9. The van der Waals surface area contributed by atoms with Gasteiger partial charge in [0, 0.05) is 16.4 Å². The van der Waals surface area contributed by atoms with Gasteiger partial charge in [0.1, 0.15) is 17.9 Å². The second-order valence-corrected chi connectivity index (χ2v) is 4.92. The van der Waals surface area contributed by atoms with Gasteiger partial charge < -0.3 is 15.2 Å². The summed E-state index contributed by atoms with van der Waals surface area (Å²) < 4.78 is 11.2. The van der Waals surface area contributed by atoms with Crippen LogP contribution in [0.4, 0.5) is 5.69 Å². The zero-order valence-corrected chi connectivity index (χ0v) is 12.4. The van der Waals surface area contributed by atoms with E-state index < -0.39 is 5.97 Å². The summed E-state index contributed by atoms with van der Waals surface area (Å²) in [5, 5.41) is 0. The lowest BCUT2D eigenvalue weighted by Gasteiger charge is -2.10. The Morgan fingerprint density at radius 3 is 2.80 bits per heavy atom. The molecule has 2 N–H and O–H groups in total. The minimum Gasteiger partial charge on any atom is -0.486 e. The smallest absolute Gasteiger partial charge is 0.341 e. The Bertz CT molecular complexity index is 614. The summed E-state index contributed by atoms with van der Waals surface area (Å²) in [7, 11) is 1.31. The summed E-state index contributed by atoms with van der Waals surface area (Å²) in [5.74, 6) is -0.0770. The van der Waals surface area contributed by atoms with Crippen LogP contribution in [0, 0.1) is 0 Å². The van der Waals surface area contributed by atoms with Crippen molar-refractivity contribution in [1.29, 1.82) is 0 Å². The molecular weight excluding hydrogens is 324 g/mol. The van der Waals surface area contributed by atoms with Gasteiger partial charge in [-0.1, -0.05) is 0 Å². The third-order valence-corrected chi connectivity index (χ3v) is 3.04. The van der Waals surface area contributed by atoms with Crippen molar-refractivity contribution in [1.82, 2.24) is 4.98 Å². The Morgan fingerprint density at radius 1 is 1.35 bits per heavy atom. The standard InChI is InChI=1S/C14H13BrN2O3/c1-19-14(18)12-6-10(16)3-5-13(12)20-8-11-4-2-9(15)7-17-11/h2-7H,8,16H2,1H3. The van der Waals surface area contributed by atoms with Crippen LogP contribution in [0.25, 0.3) is 0 Å². The third-order valence-electron chi connectivity index (χ3n) is 2.57. The lowest BCUT2D eigenvalue weighted by Crippen LogP contribution is -2.07. The molecule has 104 valence electrons. The number of carbonyl (C=O) groups excluding carboxylic acids is 1. The van der Waals surface area contributed by atoms with Gasteiger partial charge in [-0.3, -0.25) is 4.98 Å². The monoisotopic (exact) mass is 336 g/mol. The maximum atomic E-state index is 11.7. The Kier molecular flexibility index (Phi) is 4.57. The molecule has 0 bridgehead atoms. The number of anilines is 1. The first-order chi connectivity index (χ1) is 9.60. The summed E-state index contributed by atoms with van der Waals surface area (Å²) in [4.78, 5) is 15.9. The highest BCUT2D eigenvalue weighted by Crippen LogP contribution is 2.23. The van der Waals surface area contributed by atoms with Gasteiger partial charge in [-0.05, 0) is 46.3 Å². The van der Waals surface area contributed by atoms with Gasteiger partial charge in [0.05, 0.1) is 12.8 Å². The van der Waals surface area contributed by atoms with E-state index in [0.717, 1.165) is 10.2 Å². The number of ether oxygens (including phenoxy) is 2. The second kappa shape index (κ2) is 6.38. The van der Waals surface area contributed by atoms with E-state index in [9.17, 15) is 4.79 Å². The summed E-state index contributed by atoms with van der Waals surface area (Å²) in [6.07, 6.45) is 1.68. The SMILES string of the molecule is COC(=O)c1cc(N)ccc1OCc1ccc(Br)cn1. The summed E-state index contributed by atoms with van der Waals surface area (Å²) in [5.41, 5.74) is 7.18. The molecular formula is C14H13BrN2O3. The number of carbonyl (C=O) groups is 1. The van der Waals surface area contributed by atoms with Crippen LogP contribution in [0.3, 0.4) is 0 Å². The molecule has 0 unspecified atom stereocenters. The Hall–Kier alpha value is -2.08. The van der Waals surface area contributed by atoms with Gasteiger partial charge in [0.2, 0.25) is 0 Å². The lowest BCUT2D eigenvalue weighted by atomic mass is 10.2. The van der Waals surface area contributed by atoms with E-state index in [1.54, 1.807) is 18.3 Å². The maximum absolute atomic E-state index is 11.7. The minimum absolute atomic E-state index is 0.251. The Labute approximate surface area is 124 Å². The van der Waals surface area contributed by atoms with Crippen LogP contribution in [0.15, 0.2) is 41.0 Å². The number of hydrogen-bond donors (Lipinski definition) is 1. The number of esters is 1. The summed E-state index contributed by atoms with van der Waals surface area (Å²) in [6, 6.07) is 8.53. The zero-order chi connectivity index (χ0) is 14.5. The number of aromatic nitrogens is 1. The van der Waals surface area contributed by atoms with Crippen LogP contribution in [-0.4, -0.2) is 18.1 Å². The number of methoxy groups -OCH3 is 1. The van der Waals surface area contributed by atoms with Crippen molar-refractivity contribution in [2.24, 2.45) is 0 Å². The van der Waals surface area contributed by atoms with E-state index in [4.69, 9.17) is 15.2 Å². The van der Waals surface area contributed by atoms with E-state index in [0.29, 0.717) is 17.0 Å². The first kappa shape index (κ1) is 14.3. The highest BCUT2D eigenvalue weighted by molar-refractivity contribution is 9.10. The molecule has 1 aromatic heterocycles. The van der Waals surface area contributed by atoms with Crippen molar-refractivity contribution in [3.8, 4) is 5.75 Å². The molecule has 0 atom stereocenters. The molecule has 0 fully saturated rings. The van der Waals surface area contributed by atoms with Crippen molar-refractivity contribution in [2.45, 2.75) is 6.61 Å². The van der Waals surface area contributed by atoms with Crippen LogP contribution in [0.5, 0.6) is 5.75 Å². The van der Waals surface area contributed by atoms with Gasteiger partial charge in [-0.2, -0.15) is 0 Å². The molecule has 20 heavy (non-hydrogen) atoms. The minimum atomic E-state index is -0.490. The van der Waals surface area contributed by atoms with Crippen molar-refractivity contribution in [3.05, 3.63) is 52.3 Å². The van der Waals surface area contributed by atoms with Crippen molar-refractivity contribution in [2.75, 3.05) is 12.8 Å². The summed E-state index contributed by atoms with van der Waals surface area (Å²) in [6.45, 7) is 0.251. The van der Waals surface area contributed by atoms with E-state index in [2.05, 4.69) is 20.9 Å². The Morgan fingerprint density at radius 2 is 2.15 bits per heavy atom. The van der Waals surface area contributed by atoms with Crippen LogP contribution < -0.4 is 10.5 Å². The highest BCUT2D eigenvalue weighted by Gasteiger charge is 2.13. The molecule has 0 spiro atoms. The molecule has 1 heterocycles. The Balaban J connectivity index is 2.16. The number of nitrogens with two attached hydrogens (primary N) is 1. The lowest BCUT2D eigenvalue weighted by molar-refractivity contribution is 0.0595. The average molecular weight is 337 g/mol. The van der Waals surface area contributed by atoms with Crippen molar-refractivity contribution >= 4 is 27.6 Å². The molecule has 0 saturated carbocycles. The molecule has 6 heteroatoms. The number of rotatable bonds is 4. The molecule has 5 nitrogen and oxygen atoms in total. The zero-order valence-electron chi connectivity index (χ0n) is 10.8. The van der Waals surface area contributed by atoms with E-state index in [1.807, 2.05) is 12.1 Å². The van der Waals surface area contributed by atoms with Crippen molar-refractivity contribution in [3.63, 3.8) is 0 Å². The van der Waals surface area contributed by atoms with Crippen LogP contribution in [-0.2, 0) is 11.3 Å². The predicted octanol–water partition coefficient (Wildman–Crippen LogP) is 2.79. The summed E-state index contributed by atoms with van der Waals surface area (Å²) >= 11 is 3.31. The molecule has 0 saturated heterocycles. The molecule has 0 aliphatic carbocycles. The molecule has 0 radical (unpaired) electrons. The number of benzene rings is 1. The first-order valence-electron chi connectivity index (χ1n) is 5.81. The fourth-order valence-corrected chi connectivity index (χ4v) is 1.82. The molecule has 2 aromatic rings. The van der Waals surface area contributed by atoms with Crippen LogP contribution in [0.2, 0.25) is 0 Å². The molecule has 0 aliphatic rings. The quantitative estimate of drug-likeness (QED) is 0.686. The number of nitrogen functional groups attached to an aromatic ring is 1. The van der Waals surface area contributed by atoms with E-state index in [-0.39, 0.29) is 6.61 Å². The van der Waals surface area contributed by atoms with Gasteiger partial charge in [0.15, 0.2) is 0 Å². The molecule has 0 aliphatic heterocycles. The normalized spacial score (nSPS) is 10.1. The van der Waals surface area contributed by atoms with E-state index >= 15 is 0 Å². The first-order valence-corrected chi connectivity index (χ1v) is 6.60. The molecule has 2 rings (SSSR count). The molecule has 0 amide bonds. The largest absolute Gasteiger partial charge is 0.486 e. The third kappa shape index (κ3) is 3.48. The van der Waals surface area contributed by atoms with Gasteiger partial charge in [-0.25, -0.2) is 4.79 Å². The fourth-order valence-electron chi connectivity index (χ4n) is 1.59. The average Bonchev–Trinajstić information content (AvgIpc) is 2.46.